The fourth-order valence-electron chi connectivity index (χ4n) is 5.16. The number of aryl methyl sites for hydroxylation is 1. The first-order valence-corrected chi connectivity index (χ1v) is 15.3. The average molecular weight is 619 g/mol. The van der Waals surface area contributed by atoms with Crippen molar-refractivity contribution < 1.29 is 28.5 Å². The van der Waals surface area contributed by atoms with E-state index in [1.54, 1.807) is 25.1 Å². The lowest BCUT2D eigenvalue weighted by molar-refractivity contribution is -0.141. The van der Waals surface area contributed by atoms with Crippen LogP contribution in [0.3, 0.4) is 0 Å². The SMILES string of the molecule is CCOc1cc(C2C(C#N)=C(N)Oc3cc(OC(=O)C(C)Oc4ccc(C(C)C)cc4)ccc32)ccc1OCc1ccc(C)cc1. The van der Waals surface area contributed by atoms with Gasteiger partial charge in [-0.2, -0.15) is 5.26 Å². The molecule has 236 valence electrons. The predicted octanol–water partition coefficient (Wildman–Crippen LogP) is 7.69. The second-order valence-corrected chi connectivity index (χ2v) is 11.4. The minimum Gasteiger partial charge on any atom is -0.490 e. The molecule has 4 aromatic rings. The van der Waals surface area contributed by atoms with Crippen molar-refractivity contribution in [2.45, 2.75) is 59.2 Å². The third kappa shape index (κ3) is 7.27. The van der Waals surface area contributed by atoms with Crippen LogP contribution in [-0.2, 0) is 11.4 Å². The number of nitriles is 1. The maximum atomic E-state index is 12.9. The summed E-state index contributed by atoms with van der Waals surface area (Å²) in [5.41, 5.74) is 11.4. The molecule has 5 rings (SSSR count). The smallest absolute Gasteiger partial charge is 0.352 e. The molecule has 2 unspecified atom stereocenters. The third-order valence-corrected chi connectivity index (χ3v) is 7.72. The zero-order valence-corrected chi connectivity index (χ0v) is 26.7. The molecule has 0 fully saturated rings. The van der Waals surface area contributed by atoms with Crippen LogP contribution in [0.1, 0.15) is 67.3 Å². The molecule has 0 spiro atoms. The van der Waals surface area contributed by atoms with E-state index in [1.165, 1.54) is 11.1 Å². The lowest BCUT2D eigenvalue weighted by atomic mass is 9.83. The number of nitrogens with two attached hydrogens (primary N) is 1. The minimum absolute atomic E-state index is 0.0253. The van der Waals surface area contributed by atoms with Gasteiger partial charge < -0.3 is 29.4 Å². The molecule has 0 radical (unpaired) electrons. The molecular weight excluding hydrogens is 580 g/mol. The Morgan fingerprint density at radius 1 is 0.913 bits per heavy atom. The number of ether oxygens (including phenoxy) is 5. The molecule has 2 N–H and O–H groups in total. The number of fused-ring (bicyclic) bond motifs is 1. The van der Waals surface area contributed by atoms with Crippen LogP contribution in [0.15, 0.2) is 96.4 Å². The van der Waals surface area contributed by atoms with Crippen molar-refractivity contribution in [3.05, 3.63) is 124 Å². The molecule has 46 heavy (non-hydrogen) atoms. The quantitative estimate of drug-likeness (QED) is 0.134. The molecule has 0 saturated heterocycles. The second kappa shape index (κ2) is 14.1. The number of benzene rings is 4. The fraction of sp³-hybridized carbons (Fsp3) is 0.263. The van der Waals surface area contributed by atoms with E-state index in [0.29, 0.717) is 47.7 Å². The Balaban J connectivity index is 1.36. The van der Waals surface area contributed by atoms with Crippen LogP contribution in [0.5, 0.6) is 28.7 Å². The topological polar surface area (TPSA) is 113 Å². The standard InChI is InChI=1S/C38H38N2O6/c1-6-42-35-19-28(13-18-33(35)43-22-26-9-7-24(4)8-10-26)36-31-17-16-30(20-34(31)46-37(40)32(36)21-39)45-38(41)25(5)44-29-14-11-27(12-15-29)23(2)3/h7-20,23,25,36H,6,22,40H2,1-5H3. The first-order valence-electron chi connectivity index (χ1n) is 15.3. The molecular formula is C38H38N2O6. The Labute approximate surface area is 269 Å². The summed E-state index contributed by atoms with van der Waals surface area (Å²) in [7, 11) is 0. The predicted molar refractivity (Wildman–Crippen MR) is 175 cm³/mol. The molecule has 0 aromatic heterocycles. The summed E-state index contributed by atoms with van der Waals surface area (Å²) < 4.78 is 29.4. The first-order chi connectivity index (χ1) is 22.2. The average Bonchev–Trinajstić information content (AvgIpc) is 3.04. The highest BCUT2D eigenvalue weighted by molar-refractivity contribution is 5.77. The summed E-state index contributed by atoms with van der Waals surface area (Å²) in [5, 5.41) is 10.1. The summed E-state index contributed by atoms with van der Waals surface area (Å²) in [5.74, 6) is 1.61. The van der Waals surface area contributed by atoms with Gasteiger partial charge in [0.15, 0.2) is 17.6 Å². The van der Waals surface area contributed by atoms with Gasteiger partial charge in [0.05, 0.1) is 12.5 Å². The van der Waals surface area contributed by atoms with Crippen molar-refractivity contribution in [3.63, 3.8) is 0 Å². The highest BCUT2D eigenvalue weighted by Gasteiger charge is 2.32. The van der Waals surface area contributed by atoms with E-state index < -0.39 is 18.0 Å². The molecule has 8 nitrogen and oxygen atoms in total. The van der Waals surface area contributed by atoms with Gasteiger partial charge in [-0.05, 0) is 73.7 Å². The van der Waals surface area contributed by atoms with E-state index in [4.69, 9.17) is 29.4 Å². The van der Waals surface area contributed by atoms with Gasteiger partial charge in [-0.3, -0.25) is 0 Å². The van der Waals surface area contributed by atoms with Gasteiger partial charge in [0.2, 0.25) is 5.88 Å². The summed E-state index contributed by atoms with van der Waals surface area (Å²) in [4.78, 5) is 12.9. The van der Waals surface area contributed by atoms with Gasteiger partial charge in [0.25, 0.3) is 0 Å². The van der Waals surface area contributed by atoms with Gasteiger partial charge >= 0.3 is 5.97 Å². The number of allylic oxidation sites excluding steroid dienone is 1. The number of carbonyl (C=O) groups excluding carboxylic acids is 1. The lowest BCUT2D eigenvalue weighted by Crippen LogP contribution is -2.28. The van der Waals surface area contributed by atoms with E-state index >= 15 is 0 Å². The highest BCUT2D eigenvalue weighted by atomic mass is 16.6. The molecule has 8 heteroatoms. The summed E-state index contributed by atoms with van der Waals surface area (Å²) in [6.45, 7) is 10.6. The largest absolute Gasteiger partial charge is 0.490 e. The Hall–Kier alpha value is -5.42. The molecule has 1 aliphatic rings. The molecule has 1 aliphatic heterocycles. The van der Waals surface area contributed by atoms with Gasteiger partial charge in [-0.15, -0.1) is 0 Å². The summed E-state index contributed by atoms with van der Waals surface area (Å²) in [6, 6.07) is 28.6. The zero-order valence-electron chi connectivity index (χ0n) is 26.7. The van der Waals surface area contributed by atoms with Gasteiger partial charge in [-0.1, -0.05) is 67.9 Å². The van der Waals surface area contributed by atoms with Crippen LogP contribution in [0, 0.1) is 18.3 Å². The third-order valence-electron chi connectivity index (χ3n) is 7.72. The number of carbonyl (C=O) groups is 1. The van der Waals surface area contributed by atoms with Gasteiger partial charge in [0.1, 0.15) is 35.5 Å². The molecule has 1 heterocycles. The normalized spacial score (nSPS) is 14.5. The van der Waals surface area contributed by atoms with Crippen LogP contribution in [-0.4, -0.2) is 18.7 Å². The molecule has 0 saturated carbocycles. The van der Waals surface area contributed by atoms with Crippen molar-refractivity contribution in [1.82, 2.24) is 0 Å². The lowest BCUT2D eigenvalue weighted by Gasteiger charge is -2.27. The van der Waals surface area contributed by atoms with E-state index in [9.17, 15) is 10.1 Å². The Bertz CT molecular complexity index is 1770. The van der Waals surface area contributed by atoms with E-state index in [-0.39, 0.29) is 17.2 Å². The van der Waals surface area contributed by atoms with Crippen molar-refractivity contribution in [2.24, 2.45) is 5.73 Å². The Kier molecular flexibility index (Phi) is 9.82. The van der Waals surface area contributed by atoms with E-state index in [0.717, 1.165) is 11.1 Å². The van der Waals surface area contributed by atoms with Crippen molar-refractivity contribution in [1.29, 1.82) is 5.26 Å². The highest BCUT2D eigenvalue weighted by Crippen LogP contribution is 2.45. The van der Waals surface area contributed by atoms with Crippen molar-refractivity contribution in [3.8, 4) is 34.8 Å². The second-order valence-electron chi connectivity index (χ2n) is 11.4. The van der Waals surface area contributed by atoms with Gasteiger partial charge in [-0.25, -0.2) is 4.79 Å². The first kappa shape index (κ1) is 32.0. The molecule has 0 bridgehead atoms. The van der Waals surface area contributed by atoms with Crippen LogP contribution in [0.4, 0.5) is 0 Å². The Morgan fingerprint density at radius 3 is 2.30 bits per heavy atom. The van der Waals surface area contributed by atoms with Crippen molar-refractivity contribution in [2.75, 3.05) is 6.61 Å². The maximum absolute atomic E-state index is 12.9. The van der Waals surface area contributed by atoms with Crippen LogP contribution in [0.25, 0.3) is 0 Å². The minimum atomic E-state index is -0.853. The number of hydrogen-bond donors (Lipinski definition) is 1. The number of esters is 1. The maximum Gasteiger partial charge on any atom is 0.352 e. The molecule has 0 aliphatic carbocycles. The van der Waals surface area contributed by atoms with E-state index in [2.05, 4.69) is 19.9 Å². The van der Waals surface area contributed by atoms with Crippen LogP contribution in [0.2, 0.25) is 0 Å². The molecule has 0 amide bonds. The van der Waals surface area contributed by atoms with Crippen LogP contribution >= 0.6 is 0 Å². The monoisotopic (exact) mass is 618 g/mol. The van der Waals surface area contributed by atoms with Gasteiger partial charge in [0, 0.05) is 11.6 Å². The Morgan fingerprint density at radius 2 is 1.63 bits per heavy atom. The van der Waals surface area contributed by atoms with Crippen molar-refractivity contribution >= 4 is 5.97 Å². The van der Waals surface area contributed by atoms with E-state index in [1.807, 2.05) is 80.6 Å². The number of rotatable bonds is 11. The number of nitrogens with zero attached hydrogens (tertiary/aromatic N) is 1. The summed E-state index contributed by atoms with van der Waals surface area (Å²) >= 11 is 0. The number of hydrogen-bond acceptors (Lipinski definition) is 8. The fourth-order valence-corrected chi connectivity index (χ4v) is 5.16. The zero-order chi connectivity index (χ0) is 32.8. The molecule has 2 atom stereocenters. The molecule has 4 aromatic carbocycles. The summed E-state index contributed by atoms with van der Waals surface area (Å²) in [6.07, 6.45) is -0.853. The van der Waals surface area contributed by atoms with Crippen LogP contribution < -0.4 is 29.4 Å².